The van der Waals surface area contributed by atoms with Crippen LogP contribution in [0.25, 0.3) is 0 Å². The summed E-state index contributed by atoms with van der Waals surface area (Å²) in [4.78, 5) is 0. The zero-order valence-electron chi connectivity index (χ0n) is 9.48. The normalized spacial score (nSPS) is 19.9. The van der Waals surface area contributed by atoms with Crippen molar-refractivity contribution in [2.24, 2.45) is 0 Å². The van der Waals surface area contributed by atoms with Gasteiger partial charge >= 0.3 is 0 Å². The summed E-state index contributed by atoms with van der Waals surface area (Å²) in [5, 5.41) is 12.2. The Labute approximate surface area is 96.4 Å². The van der Waals surface area contributed by atoms with E-state index in [0.29, 0.717) is 12.5 Å². The molecular weight excluding hydrogens is 202 g/mol. The number of aliphatic hydroxyl groups is 1. The van der Waals surface area contributed by atoms with E-state index < -0.39 is 0 Å². The molecule has 0 aliphatic carbocycles. The molecule has 16 heavy (non-hydrogen) atoms. The van der Waals surface area contributed by atoms with Crippen molar-refractivity contribution in [3.05, 3.63) is 29.8 Å². The number of rotatable bonds is 5. The van der Waals surface area contributed by atoms with Crippen LogP contribution in [0.2, 0.25) is 0 Å². The van der Waals surface area contributed by atoms with Crippen LogP contribution in [0, 0.1) is 0 Å². The van der Waals surface area contributed by atoms with Gasteiger partial charge in [-0.05, 0) is 43.5 Å². The van der Waals surface area contributed by atoms with Crippen molar-refractivity contribution >= 4 is 0 Å². The summed E-state index contributed by atoms with van der Waals surface area (Å²) in [6, 6.07) is 8.47. The van der Waals surface area contributed by atoms with Crippen molar-refractivity contribution in [3.8, 4) is 5.75 Å². The minimum Gasteiger partial charge on any atom is -0.492 e. The van der Waals surface area contributed by atoms with E-state index in [9.17, 15) is 0 Å². The van der Waals surface area contributed by atoms with Crippen molar-refractivity contribution < 1.29 is 9.84 Å². The fraction of sp³-hybridized carbons (Fsp3) is 0.538. The Morgan fingerprint density at radius 2 is 2.12 bits per heavy atom. The molecule has 0 saturated carbocycles. The Morgan fingerprint density at radius 3 is 2.75 bits per heavy atom. The maximum atomic E-state index is 8.80. The van der Waals surface area contributed by atoms with Gasteiger partial charge < -0.3 is 15.2 Å². The van der Waals surface area contributed by atoms with E-state index in [1.165, 1.54) is 12.8 Å². The minimum absolute atomic E-state index is 0.201. The summed E-state index contributed by atoms with van der Waals surface area (Å²) in [7, 11) is 0. The molecule has 0 spiro atoms. The number of ether oxygens (including phenoxy) is 1. The number of hydrogen-bond donors (Lipinski definition) is 2. The lowest BCUT2D eigenvalue weighted by Crippen LogP contribution is -2.28. The molecular formula is C13H19NO2. The molecule has 3 heteroatoms. The average Bonchev–Trinajstić information content (AvgIpc) is 2.82. The summed E-state index contributed by atoms with van der Waals surface area (Å²) < 4.78 is 5.70. The van der Waals surface area contributed by atoms with Gasteiger partial charge in [0.05, 0.1) is 0 Å². The average molecular weight is 221 g/mol. The maximum Gasteiger partial charge on any atom is 0.119 e. The molecule has 0 radical (unpaired) electrons. The highest BCUT2D eigenvalue weighted by molar-refractivity contribution is 5.27. The number of nitrogens with one attached hydrogen (secondary N) is 1. The summed E-state index contributed by atoms with van der Waals surface area (Å²) in [5.41, 5.74) is 1.15. The SMILES string of the molecule is OCCc1ccc(OC[C@@H]2CCCN2)cc1. The molecule has 1 saturated heterocycles. The molecule has 0 bridgehead atoms. The predicted molar refractivity (Wildman–Crippen MR) is 63.8 cm³/mol. The third kappa shape index (κ3) is 3.22. The van der Waals surface area contributed by atoms with Crippen molar-refractivity contribution in [2.75, 3.05) is 19.8 Å². The van der Waals surface area contributed by atoms with Gasteiger partial charge in [-0.3, -0.25) is 0 Å². The smallest absolute Gasteiger partial charge is 0.119 e. The molecule has 1 fully saturated rings. The van der Waals surface area contributed by atoms with E-state index in [4.69, 9.17) is 9.84 Å². The molecule has 1 aromatic carbocycles. The number of aliphatic hydroxyl groups excluding tert-OH is 1. The molecule has 1 aromatic rings. The van der Waals surface area contributed by atoms with E-state index in [2.05, 4.69) is 5.32 Å². The molecule has 3 nitrogen and oxygen atoms in total. The third-order valence-corrected chi connectivity index (χ3v) is 2.94. The molecule has 1 aliphatic rings. The van der Waals surface area contributed by atoms with Crippen LogP contribution >= 0.6 is 0 Å². The standard InChI is InChI=1S/C13H19NO2/c15-9-7-11-3-5-13(6-4-11)16-10-12-2-1-8-14-12/h3-6,12,14-15H,1-2,7-10H2/t12-/m0/s1. The van der Waals surface area contributed by atoms with Crippen LogP contribution in [0.4, 0.5) is 0 Å². The largest absolute Gasteiger partial charge is 0.492 e. The second-order valence-electron chi connectivity index (χ2n) is 4.22. The topological polar surface area (TPSA) is 41.5 Å². The first-order valence-corrected chi connectivity index (χ1v) is 5.94. The molecule has 0 aromatic heterocycles. The molecule has 2 rings (SSSR count). The highest BCUT2D eigenvalue weighted by Crippen LogP contribution is 2.14. The van der Waals surface area contributed by atoms with Gasteiger partial charge in [-0.2, -0.15) is 0 Å². The summed E-state index contributed by atoms with van der Waals surface area (Å²) in [6.07, 6.45) is 3.18. The van der Waals surface area contributed by atoms with E-state index in [-0.39, 0.29) is 6.61 Å². The minimum atomic E-state index is 0.201. The van der Waals surface area contributed by atoms with E-state index in [1.54, 1.807) is 0 Å². The van der Waals surface area contributed by atoms with Crippen molar-refractivity contribution in [1.29, 1.82) is 0 Å². The lowest BCUT2D eigenvalue weighted by Gasteiger charge is -2.12. The molecule has 1 aliphatic heterocycles. The molecule has 1 heterocycles. The van der Waals surface area contributed by atoms with E-state index >= 15 is 0 Å². The molecule has 1 atom stereocenters. The van der Waals surface area contributed by atoms with Gasteiger partial charge in [-0.15, -0.1) is 0 Å². The van der Waals surface area contributed by atoms with Crippen LogP contribution in [0.1, 0.15) is 18.4 Å². The predicted octanol–water partition coefficient (Wildman–Crippen LogP) is 1.35. The zero-order chi connectivity index (χ0) is 11.2. The van der Waals surface area contributed by atoms with Crippen molar-refractivity contribution in [2.45, 2.75) is 25.3 Å². The first kappa shape index (κ1) is 11.4. The van der Waals surface area contributed by atoms with Crippen LogP contribution in [-0.4, -0.2) is 30.9 Å². The van der Waals surface area contributed by atoms with Gasteiger partial charge in [0.25, 0.3) is 0 Å². The fourth-order valence-corrected chi connectivity index (χ4v) is 1.98. The molecule has 0 amide bonds. The Kier molecular flexibility index (Phi) is 4.19. The Balaban J connectivity index is 1.80. The number of benzene rings is 1. The van der Waals surface area contributed by atoms with Gasteiger partial charge in [-0.1, -0.05) is 12.1 Å². The highest BCUT2D eigenvalue weighted by Gasteiger charge is 2.14. The highest BCUT2D eigenvalue weighted by atomic mass is 16.5. The summed E-state index contributed by atoms with van der Waals surface area (Å²) >= 11 is 0. The van der Waals surface area contributed by atoms with Crippen molar-refractivity contribution in [1.82, 2.24) is 5.32 Å². The van der Waals surface area contributed by atoms with E-state index in [1.807, 2.05) is 24.3 Å². The molecule has 0 unspecified atom stereocenters. The first-order valence-electron chi connectivity index (χ1n) is 5.94. The first-order chi connectivity index (χ1) is 7.88. The summed E-state index contributed by atoms with van der Waals surface area (Å²) in [6.45, 7) is 2.06. The lowest BCUT2D eigenvalue weighted by atomic mass is 10.1. The second kappa shape index (κ2) is 5.87. The van der Waals surface area contributed by atoms with Crippen LogP contribution in [0.5, 0.6) is 5.75 Å². The van der Waals surface area contributed by atoms with Crippen LogP contribution in [0.15, 0.2) is 24.3 Å². The van der Waals surface area contributed by atoms with Crippen molar-refractivity contribution in [3.63, 3.8) is 0 Å². The fourth-order valence-electron chi connectivity index (χ4n) is 1.98. The van der Waals surface area contributed by atoms with Gasteiger partial charge in [0, 0.05) is 12.6 Å². The van der Waals surface area contributed by atoms with E-state index in [0.717, 1.165) is 24.5 Å². The lowest BCUT2D eigenvalue weighted by molar-refractivity contribution is 0.277. The number of hydrogen-bond acceptors (Lipinski definition) is 3. The second-order valence-corrected chi connectivity index (χ2v) is 4.22. The van der Waals surface area contributed by atoms with Crippen LogP contribution in [-0.2, 0) is 6.42 Å². The van der Waals surface area contributed by atoms with Crippen LogP contribution in [0.3, 0.4) is 0 Å². The molecule has 2 N–H and O–H groups in total. The Bertz CT molecular complexity index is 304. The Morgan fingerprint density at radius 1 is 1.31 bits per heavy atom. The Hall–Kier alpha value is -1.06. The maximum absolute atomic E-state index is 8.80. The quantitative estimate of drug-likeness (QED) is 0.788. The van der Waals surface area contributed by atoms with Gasteiger partial charge in [0.2, 0.25) is 0 Å². The van der Waals surface area contributed by atoms with Gasteiger partial charge in [0.15, 0.2) is 0 Å². The van der Waals surface area contributed by atoms with Gasteiger partial charge in [0.1, 0.15) is 12.4 Å². The zero-order valence-corrected chi connectivity index (χ0v) is 9.48. The third-order valence-electron chi connectivity index (χ3n) is 2.94. The van der Waals surface area contributed by atoms with Gasteiger partial charge in [-0.25, -0.2) is 0 Å². The monoisotopic (exact) mass is 221 g/mol. The summed E-state index contributed by atoms with van der Waals surface area (Å²) in [5.74, 6) is 0.912. The van der Waals surface area contributed by atoms with Crippen LogP contribution < -0.4 is 10.1 Å². The molecule has 88 valence electrons.